The number of aromatic amines is 1. The predicted molar refractivity (Wildman–Crippen MR) is 226 cm³/mol. The second-order valence-corrected chi connectivity index (χ2v) is 14.7. The Morgan fingerprint density at radius 3 is 2.09 bits per heavy atom. The second-order valence-electron chi connectivity index (χ2n) is 13.7. The zero-order valence-corrected chi connectivity index (χ0v) is 35.9. The first-order valence-electron chi connectivity index (χ1n) is 18.9. The monoisotopic (exact) mass is 813 g/mol. The highest BCUT2D eigenvalue weighted by molar-refractivity contribution is 7.20. The third kappa shape index (κ3) is 17.3. The van der Waals surface area contributed by atoms with Gasteiger partial charge in [0.15, 0.2) is 4.96 Å². The molecule has 2 saturated heterocycles. The van der Waals surface area contributed by atoms with E-state index >= 15 is 0 Å². The van der Waals surface area contributed by atoms with Crippen LogP contribution in [0.15, 0.2) is 42.9 Å². The van der Waals surface area contributed by atoms with Crippen LogP contribution in [0.4, 0.5) is 5.82 Å². The maximum Gasteiger partial charge on any atom is 0.293 e. The molecule has 5 heterocycles. The summed E-state index contributed by atoms with van der Waals surface area (Å²) < 4.78 is 10.8. The van der Waals surface area contributed by atoms with Gasteiger partial charge in [0.25, 0.3) is 6.47 Å². The van der Waals surface area contributed by atoms with E-state index < -0.39 is 0 Å². The Hall–Kier alpha value is -5.13. The zero-order valence-electron chi connectivity index (χ0n) is 35.1. The van der Waals surface area contributed by atoms with E-state index in [4.69, 9.17) is 4.79 Å². The maximum absolute atomic E-state index is 12.4. The molecule has 6 rings (SSSR count). The molecule has 4 N–H and O–H groups in total. The molecule has 1 atom stereocenters. The van der Waals surface area contributed by atoms with Crippen molar-refractivity contribution in [3.63, 3.8) is 0 Å². The number of imidazole rings is 2. The standard InChI is InChI=1S/C22H23N7O2S.C7H14N2O.C5H10O2.C3H8.C2H6O.CH2O/c1-23-19-12-28-11-18(32-22(28)27-19)15-6-4-14(5-7-15)16-9-25-21(26-16)17-3-2-8-29(17)20(31)10-24-13-30;1-8-6-7(10)9-4-2-3-5-9;1-5(2,3)7-4-6;2*1-3-2;1-2/h4-7,9,11-13,17,23H,2-3,8,10H2,1H3,(H,24,30)(H,25,26);8H,2-6H2,1H3;4H,1-3H3;3H2,1-2H3;1-2H3;1H2/t17-;;;;;/m0...../s1. The van der Waals surface area contributed by atoms with Crippen LogP contribution in [0.3, 0.4) is 0 Å². The quantitative estimate of drug-likeness (QED) is 0.154. The molecule has 1 aromatic carbocycles. The van der Waals surface area contributed by atoms with Crippen molar-refractivity contribution in [2.24, 2.45) is 0 Å². The van der Waals surface area contributed by atoms with Crippen LogP contribution in [0.2, 0.25) is 0 Å². The Morgan fingerprint density at radius 1 is 0.965 bits per heavy atom. The first-order chi connectivity index (χ1) is 27.4. The summed E-state index contributed by atoms with van der Waals surface area (Å²) in [6.07, 6.45) is 11.8. The number of fused-ring (bicyclic) bond motifs is 1. The van der Waals surface area contributed by atoms with E-state index in [1.165, 1.54) is 19.3 Å². The van der Waals surface area contributed by atoms with Crippen LogP contribution in [0.25, 0.3) is 26.7 Å². The van der Waals surface area contributed by atoms with Gasteiger partial charge in [-0.3, -0.25) is 23.6 Å². The minimum absolute atomic E-state index is 0.0127. The molecule has 4 aromatic rings. The van der Waals surface area contributed by atoms with Gasteiger partial charge in [0.05, 0.1) is 42.1 Å². The normalized spacial score (nSPS) is 14.1. The number of likely N-dealkylation sites (N-methyl/N-ethyl adjacent to an activating group) is 1. The SMILES string of the molecule is C=O.CC(C)(C)OC=O.CCC.CNCC(=O)N1CCCC1.CNc1cn2cc(-c3ccc(-c4cnc([C@@H]5CCCN5C(=O)CNC=O)[nH]4)cc3)sc2n1.COC. The van der Waals surface area contributed by atoms with Crippen LogP contribution >= 0.6 is 11.3 Å². The number of nitrogens with one attached hydrogen (secondary N) is 4. The van der Waals surface area contributed by atoms with Crippen LogP contribution < -0.4 is 16.0 Å². The number of methoxy groups -OCH3 is 1. The highest BCUT2D eigenvalue weighted by atomic mass is 32.1. The molecule has 0 radical (unpaired) electrons. The highest BCUT2D eigenvalue weighted by Gasteiger charge is 2.31. The molecule has 0 aliphatic carbocycles. The van der Waals surface area contributed by atoms with Crippen LogP contribution in [-0.4, -0.2) is 127 Å². The number of nitrogens with zero attached hydrogens (tertiary/aromatic N) is 5. The van der Waals surface area contributed by atoms with E-state index in [0.717, 1.165) is 64.2 Å². The van der Waals surface area contributed by atoms with E-state index in [2.05, 4.69) is 84.7 Å². The number of H-pyrrole nitrogens is 1. The molecule has 17 heteroatoms. The fraction of sp³-hybridized carbons (Fsp3) is 0.525. The van der Waals surface area contributed by atoms with Crippen molar-refractivity contribution in [2.45, 2.75) is 78.4 Å². The highest BCUT2D eigenvalue weighted by Crippen LogP contribution is 2.33. The fourth-order valence-electron chi connectivity index (χ4n) is 5.47. The lowest BCUT2D eigenvalue weighted by Crippen LogP contribution is -2.37. The van der Waals surface area contributed by atoms with Gasteiger partial charge in [-0.2, -0.15) is 0 Å². The van der Waals surface area contributed by atoms with Gasteiger partial charge in [0, 0.05) is 47.1 Å². The summed E-state index contributed by atoms with van der Waals surface area (Å²) in [6.45, 7) is 15.3. The summed E-state index contributed by atoms with van der Waals surface area (Å²) in [5, 5.41) is 8.36. The second kappa shape index (κ2) is 27.5. The van der Waals surface area contributed by atoms with Crippen molar-refractivity contribution in [2.75, 3.05) is 66.4 Å². The summed E-state index contributed by atoms with van der Waals surface area (Å²) in [5.41, 5.74) is 2.76. The van der Waals surface area contributed by atoms with Crippen LogP contribution in [0.5, 0.6) is 0 Å². The summed E-state index contributed by atoms with van der Waals surface area (Å²) in [5.74, 6) is 1.78. The molecule has 3 aromatic heterocycles. The molecule has 0 bridgehead atoms. The molecular formula is C40H63N9O7S. The van der Waals surface area contributed by atoms with Crippen molar-refractivity contribution in [3.8, 4) is 21.7 Å². The van der Waals surface area contributed by atoms with Crippen LogP contribution in [0.1, 0.15) is 78.6 Å². The third-order valence-electron chi connectivity index (χ3n) is 7.90. The molecule has 57 heavy (non-hydrogen) atoms. The number of amides is 3. The molecule has 316 valence electrons. The van der Waals surface area contributed by atoms with E-state index in [1.54, 1.807) is 37.5 Å². The number of hydrogen-bond donors (Lipinski definition) is 4. The summed E-state index contributed by atoms with van der Waals surface area (Å²) in [6, 6.07) is 8.24. The zero-order chi connectivity index (χ0) is 42.8. The molecule has 2 fully saturated rings. The van der Waals surface area contributed by atoms with Gasteiger partial charge >= 0.3 is 0 Å². The number of aromatic nitrogens is 4. The van der Waals surface area contributed by atoms with Crippen molar-refractivity contribution in [1.82, 2.24) is 39.8 Å². The van der Waals surface area contributed by atoms with Gasteiger partial charge in [-0.1, -0.05) is 55.9 Å². The Bertz CT molecular complexity index is 1700. The van der Waals surface area contributed by atoms with Gasteiger partial charge in [0.2, 0.25) is 18.2 Å². The predicted octanol–water partition coefficient (Wildman–Crippen LogP) is 5.18. The Labute approximate surface area is 341 Å². The van der Waals surface area contributed by atoms with Gasteiger partial charge in [-0.05, 0) is 64.6 Å². The molecule has 0 spiro atoms. The number of anilines is 1. The number of likely N-dealkylation sites (tertiary alicyclic amines) is 2. The number of carbonyl (C=O) groups is 5. The average molecular weight is 814 g/mol. The largest absolute Gasteiger partial charge is 0.462 e. The maximum atomic E-state index is 12.4. The van der Waals surface area contributed by atoms with E-state index in [9.17, 15) is 19.2 Å². The van der Waals surface area contributed by atoms with Crippen molar-refractivity contribution < 1.29 is 33.4 Å². The van der Waals surface area contributed by atoms with Crippen LogP contribution in [-0.2, 0) is 33.4 Å². The summed E-state index contributed by atoms with van der Waals surface area (Å²) in [4.78, 5) is 69.8. The molecule has 0 saturated carbocycles. The molecule has 2 aliphatic rings. The van der Waals surface area contributed by atoms with Crippen molar-refractivity contribution in [3.05, 3.63) is 48.7 Å². The van der Waals surface area contributed by atoms with E-state index in [1.807, 2.05) is 56.3 Å². The topological polar surface area (TPSA) is 192 Å². The lowest BCUT2D eigenvalue weighted by molar-refractivity contribution is -0.138. The Kier molecular flexibility index (Phi) is 24.0. The smallest absolute Gasteiger partial charge is 0.293 e. The third-order valence-corrected chi connectivity index (χ3v) is 8.95. The molecular weight excluding hydrogens is 751 g/mol. The van der Waals surface area contributed by atoms with Gasteiger partial charge in [0.1, 0.15) is 24.0 Å². The minimum Gasteiger partial charge on any atom is -0.462 e. The first-order valence-corrected chi connectivity index (χ1v) is 19.7. The number of rotatable bonds is 10. The summed E-state index contributed by atoms with van der Waals surface area (Å²) in [7, 11) is 6.91. The van der Waals surface area contributed by atoms with E-state index in [-0.39, 0.29) is 30.0 Å². The minimum atomic E-state index is -0.318. The molecule has 2 aliphatic heterocycles. The first kappa shape index (κ1) is 49.9. The van der Waals surface area contributed by atoms with Crippen LogP contribution in [0, 0.1) is 0 Å². The number of carbonyl (C=O) groups excluding carboxylic acids is 5. The Balaban J connectivity index is 0.000000532. The number of hydrogen-bond acceptors (Lipinski definition) is 12. The fourth-order valence-corrected chi connectivity index (χ4v) is 6.44. The average Bonchev–Trinajstić information content (AvgIpc) is 4.04. The molecule has 3 amide bonds. The lowest BCUT2D eigenvalue weighted by atomic mass is 10.1. The molecule has 0 unspecified atom stereocenters. The van der Waals surface area contributed by atoms with E-state index in [0.29, 0.717) is 26.0 Å². The lowest BCUT2D eigenvalue weighted by Gasteiger charge is -2.23. The Morgan fingerprint density at radius 2 is 1.58 bits per heavy atom. The van der Waals surface area contributed by atoms with Gasteiger partial charge in [-0.15, -0.1) is 0 Å². The van der Waals surface area contributed by atoms with Gasteiger partial charge in [-0.25, -0.2) is 9.97 Å². The van der Waals surface area contributed by atoms with Gasteiger partial charge < -0.3 is 45.0 Å². The van der Waals surface area contributed by atoms with Crippen molar-refractivity contribution >= 4 is 53.6 Å². The summed E-state index contributed by atoms with van der Waals surface area (Å²) >= 11 is 1.64. The number of ether oxygens (including phenoxy) is 2. The number of thiazole rings is 1. The number of benzene rings is 1. The molecule has 16 nitrogen and oxygen atoms in total. The van der Waals surface area contributed by atoms with Crippen molar-refractivity contribution in [1.29, 1.82) is 0 Å².